The molecule has 3 amide bonds. The summed E-state index contributed by atoms with van der Waals surface area (Å²) in [5.41, 5.74) is 4.85. The van der Waals surface area contributed by atoms with E-state index in [-0.39, 0.29) is 5.69 Å². The number of esters is 1. The quantitative estimate of drug-likeness (QED) is 0.518. The van der Waals surface area contributed by atoms with E-state index in [1.54, 1.807) is 6.08 Å². The molecule has 0 unspecified atom stereocenters. The molecule has 0 aromatic carbocycles. The zero-order valence-electron chi connectivity index (χ0n) is 10.7. The Kier molecular flexibility index (Phi) is 5.66. The van der Waals surface area contributed by atoms with Crippen LogP contribution in [0.5, 0.6) is 0 Å². The number of thiazole rings is 1. The summed E-state index contributed by atoms with van der Waals surface area (Å²) in [4.78, 5) is 37.5. The lowest BCUT2D eigenvalue weighted by atomic mass is 10.3. The molecule has 0 aliphatic heterocycles. The molecular formula is C11H14N4O4S. The standard InChI is InChI=1S/C11H14N4O4S/c1-3-4-13-11-14-7(5-20-11)9(17)19-6(2)8(16)15-10(12)18/h3,5-6H,1,4H2,2H3,(H,13,14)(H3,12,15,16,18)/t6-/m0/s1. The largest absolute Gasteiger partial charge is 0.448 e. The van der Waals surface area contributed by atoms with Gasteiger partial charge in [-0.25, -0.2) is 14.6 Å². The van der Waals surface area contributed by atoms with Crippen LogP contribution in [-0.4, -0.2) is 35.5 Å². The Morgan fingerprint density at radius 2 is 2.30 bits per heavy atom. The van der Waals surface area contributed by atoms with Gasteiger partial charge in [0.1, 0.15) is 0 Å². The molecule has 0 bridgehead atoms. The molecule has 1 rings (SSSR count). The number of ether oxygens (including phenoxy) is 1. The first-order chi connectivity index (χ1) is 9.43. The van der Waals surface area contributed by atoms with E-state index in [0.29, 0.717) is 11.7 Å². The number of carbonyl (C=O) groups is 3. The minimum Gasteiger partial charge on any atom is -0.448 e. The smallest absolute Gasteiger partial charge is 0.358 e. The number of nitrogens with zero attached hydrogens (tertiary/aromatic N) is 1. The number of carbonyl (C=O) groups excluding carboxylic acids is 3. The van der Waals surface area contributed by atoms with Crippen LogP contribution in [0.3, 0.4) is 0 Å². The summed E-state index contributed by atoms with van der Waals surface area (Å²) in [6.07, 6.45) is 0.497. The van der Waals surface area contributed by atoms with E-state index < -0.39 is 24.0 Å². The molecule has 0 fully saturated rings. The zero-order valence-corrected chi connectivity index (χ0v) is 11.5. The maximum absolute atomic E-state index is 11.7. The fourth-order valence-electron chi connectivity index (χ4n) is 1.11. The Balaban J connectivity index is 2.57. The first kappa shape index (κ1) is 15.6. The second-order valence-electron chi connectivity index (χ2n) is 3.61. The van der Waals surface area contributed by atoms with Gasteiger partial charge in [0.15, 0.2) is 16.9 Å². The Bertz CT molecular complexity index is 528. The summed E-state index contributed by atoms with van der Waals surface area (Å²) in [5.74, 6) is -1.56. The van der Waals surface area contributed by atoms with Gasteiger partial charge in [-0.2, -0.15) is 0 Å². The van der Waals surface area contributed by atoms with Crippen LogP contribution in [0.4, 0.5) is 9.93 Å². The normalized spacial score (nSPS) is 11.2. The van der Waals surface area contributed by atoms with E-state index in [2.05, 4.69) is 16.9 Å². The molecule has 8 nitrogen and oxygen atoms in total. The summed E-state index contributed by atoms with van der Waals surface area (Å²) in [5, 5.41) is 6.75. The van der Waals surface area contributed by atoms with Gasteiger partial charge in [-0.15, -0.1) is 17.9 Å². The molecule has 1 aromatic rings. The van der Waals surface area contributed by atoms with Gasteiger partial charge in [0.2, 0.25) is 0 Å². The van der Waals surface area contributed by atoms with Gasteiger partial charge in [-0.3, -0.25) is 10.1 Å². The summed E-state index contributed by atoms with van der Waals surface area (Å²) in [7, 11) is 0. The number of anilines is 1. The predicted molar refractivity (Wildman–Crippen MR) is 73.4 cm³/mol. The number of amides is 3. The molecule has 1 heterocycles. The lowest BCUT2D eigenvalue weighted by Crippen LogP contribution is -2.42. The first-order valence-electron chi connectivity index (χ1n) is 5.55. The van der Waals surface area contributed by atoms with Gasteiger partial charge < -0.3 is 15.8 Å². The number of nitrogens with one attached hydrogen (secondary N) is 2. The van der Waals surface area contributed by atoms with Gasteiger partial charge in [-0.05, 0) is 6.92 Å². The monoisotopic (exact) mass is 298 g/mol. The van der Waals surface area contributed by atoms with Gasteiger partial charge in [0, 0.05) is 11.9 Å². The predicted octanol–water partition coefficient (Wildman–Crippen LogP) is 0.481. The van der Waals surface area contributed by atoms with Crippen LogP contribution < -0.4 is 16.4 Å². The topological polar surface area (TPSA) is 123 Å². The number of imide groups is 1. The zero-order chi connectivity index (χ0) is 15.1. The summed E-state index contributed by atoms with van der Waals surface area (Å²) < 4.78 is 4.85. The molecule has 9 heteroatoms. The Labute approximate surface area is 119 Å². The molecule has 108 valence electrons. The van der Waals surface area contributed by atoms with Crippen molar-refractivity contribution >= 4 is 34.4 Å². The number of aromatic nitrogens is 1. The summed E-state index contributed by atoms with van der Waals surface area (Å²) >= 11 is 1.22. The van der Waals surface area contributed by atoms with Crippen LogP contribution in [0.2, 0.25) is 0 Å². The number of urea groups is 1. The van der Waals surface area contributed by atoms with Gasteiger partial charge in [-0.1, -0.05) is 6.08 Å². The molecule has 0 radical (unpaired) electrons. The van der Waals surface area contributed by atoms with E-state index in [4.69, 9.17) is 10.5 Å². The fourth-order valence-corrected chi connectivity index (χ4v) is 1.80. The van der Waals surface area contributed by atoms with E-state index in [1.807, 2.05) is 5.32 Å². The number of rotatable bonds is 6. The molecule has 0 saturated heterocycles. The lowest BCUT2D eigenvalue weighted by Gasteiger charge is -2.10. The highest BCUT2D eigenvalue weighted by Crippen LogP contribution is 2.16. The lowest BCUT2D eigenvalue weighted by molar-refractivity contribution is -0.127. The van der Waals surface area contributed by atoms with Crippen LogP contribution >= 0.6 is 11.3 Å². The Hall–Kier alpha value is -2.42. The van der Waals surface area contributed by atoms with E-state index in [1.165, 1.54) is 23.6 Å². The molecule has 0 aliphatic rings. The second kappa shape index (κ2) is 7.24. The van der Waals surface area contributed by atoms with Crippen molar-refractivity contribution in [1.29, 1.82) is 0 Å². The second-order valence-corrected chi connectivity index (χ2v) is 4.47. The number of primary amides is 1. The first-order valence-corrected chi connectivity index (χ1v) is 6.43. The SMILES string of the molecule is C=CCNc1nc(C(=O)O[C@@H](C)C(=O)NC(N)=O)cs1. The van der Waals surface area contributed by atoms with Crippen LogP contribution in [-0.2, 0) is 9.53 Å². The highest BCUT2D eigenvalue weighted by molar-refractivity contribution is 7.13. The van der Waals surface area contributed by atoms with Crippen LogP contribution in [0.1, 0.15) is 17.4 Å². The highest BCUT2D eigenvalue weighted by Gasteiger charge is 2.21. The third-order valence-corrected chi connectivity index (χ3v) is 2.81. The summed E-state index contributed by atoms with van der Waals surface area (Å²) in [6, 6.07) is -1.01. The molecule has 0 spiro atoms. The van der Waals surface area contributed by atoms with Crippen LogP contribution in [0.15, 0.2) is 18.0 Å². The van der Waals surface area contributed by atoms with Gasteiger partial charge in [0.05, 0.1) is 0 Å². The number of hydrogen-bond acceptors (Lipinski definition) is 7. The maximum Gasteiger partial charge on any atom is 0.358 e. The van der Waals surface area contributed by atoms with Gasteiger partial charge >= 0.3 is 12.0 Å². The van der Waals surface area contributed by atoms with E-state index in [9.17, 15) is 14.4 Å². The Morgan fingerprint density at radius 3 is 2.90 bits per heavy atom. The van der Waals surface area contributed by atoms with Crippen molar-refractivity contribution in [3.63, 3.8) is 0 Å². The molecule has 1 aromatic heterocycles. The van der Waals surface area contributed by atoms with E-state index >= 15 is 0 Å². The van der Waals surface area contributed by atoms with E-state index in [0.717, 1.165) is 0 Å². The van der Waals surface area contributed by atoms with Crippen molar-refractivity contribution in [2.24, 2.45) is 5.73 Å². The Morgan fingerprint density at radius 1 is 1.60 bits per heavy atom. The van der Waals surface area contributed by atoms with Crippen LogP contribution in [0, 0.1) is 0 Å². The van der Waals surface area contributed by atoms with Gasteiger partial charge in [0.25, 0.3) is 5.91 Å². The minimum atomic E-state index is -1.15. The molecule has 1 atom stereocenters. The molecular weight excluding hydrogens is 284 g/mol. The number of nitrogens with two attached hydrogens (primary N) is 1. The van der Waals surface area contributed by atoms with Crippen molar-refractivity contribution in [2.45, 2.75) is 13.0 Å². The third kappa shape index (κ3) is 4.69. The molecule has 0 aliphatic carbocycles. The molecule has 20 heavy (non-hydrogen) atoms. The summed E-state index contributed by atoms with van der Waals surface area (Å²) in [6.45, 7) is 5.37. The highest BCUT2D eigenvalue weighted by atomic mass is 32.1. The minimum absolute atomic E-state index is 0.0697. The van der Waals surface area contributed by atoms with Crippen molar-refractivity contribution in [3.8, 4) is 0 Å². The fraction of sp³-hybridized carbons (Fsp3) is 0.273. The molecule has 0 saturated carbocycles. The van der Waals surface area contributed by atoms with Crippen molar-refractivity contribution in [3.05, 3.63) is 23.7 Å². The van der Waals surface area contributed by atoms with Crippen molar-refractivity contribution in [1.82, 2.24) is 10.3 Å². The number of hydrogen-bond donors (Lipinski definition) is 3. The van der Waals surface area contributed by atoms with Crippen molar-refractivity contribution < 1.29 is 19.1 Å². The maximum atomic E-state index is 11.7. The molecule has 4 N–H and O–H groups in total. The average molecular weight is 298 g/mol. The average Bonchev–Trinajstić information content (AvgIpc) is 2.84. The van der Waals surface area contributed by atoms with Crippen molar-refractivity contribution in [2.75, 3.05) is 11.9 Å². The third-order valence-electron chi connectivity index (χ3n) is 2.01. The van der Waals surface area contributed by atoms with Crippen LogP contribution in [0.25, 0.3) is 0 Å².